The van der Waals surface area contributed by atoms with Crippen LogP contribution in [0.1, 0.15) is 44.7 Å². The molecule has 4 atom stereocenters. The quantitative estimate of drug-likeness (QED) is 0.880. The number of rotatable bonds is 5. The van der Waals surface area contributed by atoms with Crippen molar-refractivity contribution in [1.29, 1.82) is 0 Å². The van der Waals surface area contributed by atoms with Gasteiger partial charge in [-0.25, -0.2) is 0 Å². The molecular formula is C18H30N2. The minimum absolute atomic E-state index is 0.464. The van der Waals surface area contributed by atoms with Crippen molar-refractivity contribution >= 4 is 0 Å². The SMILES string of the molecule is CC1CCC(NCC(c2ccccc2)N(C)C)CC1C. The molecule has 20 heavy (non-hydrogen) atoms. The van der Waals surface area contributed by atoms with E-state index in [4.69, 9.17) is 0 Å². The van der Waals surface area contributed by atoms with Crippen LogP contribution in [0.25, 0.3) is 0 Å². The molecule has 1 aromatic carbocycles. The van der Waals surface area contributed by atoms with Crippen molar-refractivity contribution in [2.45, 2.75) is 45.2 Å². The predicted octanol–water partition coefficient (Wildman–Crippen LogP) is 3.70. The average Bonchev–Trinajstić information content (AvgIpc) is 2.44. The van der Waals surface area contributed by atoms with Crippen LogP contribution in [0.4, 0.5) is 0 Å². The van der Waals surface area contributed by atoms with Gasteiger partial charge in [0, 0.05) is 18.6 Å². The normalized spacial score (nSPS) is 28.6. The van der Waals surface area contributed by atoms with Gasteiger partial charge < -0.3 is 10.2 Å². The van der Waals surface area contributed by atoms with E-state index in [1.165, 1.54) is 24.8 Å². The molecule has 1 aromatic rings. The highest BCUT2D eigenvalue weighted by Crippen LogP contribution is 2.29. The fourth-order valence-corrected chi connectivity index (χ4v) is 3.28. The third-order valence-corrected chi connectivity index (χ3v) is 5.01. The van der Waals surface area contributed by atoms with E-state index in [2.05, 4.69) is 68.5 Å². The maximum atomic E-state index is 3.81. The summed E-state index contributed by atoms with van der Waals surface area (Å²) in [4.78, 5) is 2.32. The van der Waals surface area contributed by atoms with E-state index in [-0.39, 0.29) is 0 Å². The molecule has 112 valence electrons. The van der Waals surface area contributed by atoms with Crippen molar-refractivity contribution in [3.8, 4) is 0 Å². The fourth-order valence-electron chi connectivity index (χ4n) is 3.28. The average molecular weight is 274 g/mol. The van der Waals surface area contributed by atoms with Gasteiger partial charge in [-0.2, -0.15) is 0 Å². The molecule has 1 fully saturated rings. The van der Waals surface area contributed by atoms with E-state index >= 15 is 0 Å². The van der Waals surface area contributed by atoms with Crippen LogP contribution in [0.5, 0.6) is 0 Å². The summed E-state index contributed by atoms with van der Waals surface area (Å²) in [5.41, 5.74) is 1.40. The van der Waals surface area contributed by atoms with E-state index in [1.807, 2.05) is 0 Å². The first kappa shape index (κ1) is 15.5. The van der Waals surface area contributed by atoms with Crippen LogP contribution in [0, 0.1) is 11.8 Å². The minimum atomic E-state index is 0.464. The minimum Gasteiger partial charge on any atom is -0.312 e. The molecule has 1 aliphatic carbocycles. The van der Waals surface area contributed by atoms with Gasteiger partial charge in [0.2, 0.25) is 0 Å². The number of nitrogens with one attached hydrogen (secondary N) is 1. The Kier molecular flexibility index (Phi) is 5.62. The molecule has 0 radical (unpaired) electrons. The van der Waals surface area contributed by atoms with Gasteiger partial charge in [0.15, 0.2) is 0 Å². The molecule has 0 bridgehead atoms. The second-order valence-corrected chi connectivity index (χ2v) is 6.76. The van der Waals surface area contributed by atoms with Crippen molar-refractivity contribution in [2.24, 2.45) is 11.8 Å². The Balaban J connectivity index is 1.90. The number of likely N-dealkylation sites (N-methyl/N-ethyl adjacent to an activating group) is 1. The lowest BCUT2D eigenvalue weighted by molar-refractivity contribution is 0.208. The van der Waals surface area contributed by atoms with Gasteiger partial charge in [-0.15, -0.1) is 0 Å². The molecule has 4 unspecified atom stereocenters. The summed E-state index contributed by atoms with van der Waals surface area (Å²) in [5.74, 6) is 1.75. The van der Waals surface area contributed by atoms with E-state index in [9.17, 15) is 0 Å². The zero-order valence-electron chi connectivity index (χ0n) is 13.5. The predicted molar refractivity (Wildman–Crippen MR) is 86.8 cm³/mol. The van der Waals surface area contributed by atoms with Crippen LogP contribution in [-0.4, -0.2) is 31.6 Å². The van der Waals surface area contributed by atoms with Gasteiger partial charge in [-0.1, -0.05) is 44.2 Å². The van der Waals surface area contributed by atoms with Crippen LogP contribution in [0.2, 0.25) is 0 Å². The first-order chi connectivity index (χ1) is 9.58. The molecule has 0 spiro atoms. The van der Waals surface area contributed by atoms with E-state index in [0.29, 0.717) is 12.1 Å². The van der Waals surface area contributed by atoms with Crippen LogP contribution >= 0.6 is 0 Å². The largest absolute Gasteiger partial charge is 0.312 e. The van der Waals surface area contributed by atoms with Crippen molar-refractivity contribution in [1.82, 2.24) is 10.2 Å². The molecule has 0 aromatic heterocycles. The van der Waals surface area contributed by atoms with Crippen molar-refractivity contribution in [2.75, 3.05) is 20.6 Å². The third-order valence-electron chi connectivity index (χ3n) is 5.01. The Hall–Kier alpha value is -0.860. The smallest absolute Gasteiger partial charge is 0.0466 e. The topological polar surface area (TPSA) is 15.3 Å². The summed E-state index contributed by atoms with van der Waals surface area (Å²) in [7, 11) is 4.34. The van der Waals surface area contributed by atoms with Crippen molar-refractivity contribution in [3.05, 3.63) is 35.9 Å². The first-order valence-corrected chi connectivity index (χ1v) is 8.02. The number of nitrogens with zero attached hydrogens (tertiary/aromatic N) is 1. The summed E-state index contributed by atoms with van der Waals surface area (Å²) in [6.45, 7) is 5.84. The summed E-state index contributed by atoms with van der Waals surface area (Å²) in [6.07, 6.45) is 4.04. The maximum absolute atomic E-state index is 3.81. The van der Waals surface area contributed by atoms with Crippen molar-refractivity contribution in [3.63, 3.8) is 0 Å². The zero-order valence-corrected chi connectivity index (χ0v) is 13.5. The fraction of sp³-hybridized carbons (Fsp3) is 0.667. The van der Waals surface area contributed by atoms with E-state index in [1.54, 1.807) is 0 Å². The first-order valence-electron chi connectivity index (χ1n) is 8.02. The molecule has 2 nitrogen and oxygen atoms in total. The van der Waals surface area contributed by atoms with Crippen LogP contribution in [0.3, 0.4) is 0 Å². The molecule has 2 heteroatoms. The van der Waals surface area contributed by atoms with Crippen molar-refractivity contribution < 1.29 is 0 Å². The van der Waals surface area contributed by atoms with Gasteiger partial charge in [0.1, 0.15) is 0 Å². The molecule has 1 saturated carbocycles. The molecule has 0 amide bonds. The Morgan fingerprint density at radius 3 is 2.40 bits per heavy atom. The molecular weight excluding hydrogens is 244 g/mol. The summed E-state index contributed by atoms with van der Waals surface area (Å²) in [5, 5.41) is 3.81. The maximum Gasteiger partial charge on any atom is 0.0466 e. The second kappa shape index (κ2) is 7.24. The highest BCUT2D eigenvalue weighted by molar-refractivity contribution is 5.19. The number of benzene rings is 1. The zero-order chi connectivity index (χ0) is 14.5. The standard InChI is InChI=1S/C18H30N2/c1-14-10-11-17(12-15(14)2)19-13-18(20(3)4)16-8-6-5-7-9-16/h5-9,14-15,17-19H,10-13H2,1-4H3. The Morgan fingerprint density at radius 2 is 1.80 bits per heavy atom. The van der Waals surface area contributed by atoms with Gasteiger partial charge in [-0.3, -0.25) is 0 Å². The van der Waals surface area contributed by atoms with Gasteiger partial charge >= 0.3 is 0 Å². The van der Waals surface area contributed by atoms with Crippen LogP contribution in [-0.2, 0) is 0 Å². The van der Waals surface area contributed by atoms with Gasteiger partial charge in [0.25, 0.3) is 0 Å². The summed E-state index contributed by atoms with van der Waals surface area (Å²) in [6, 6.07) is 12.0. The lowest BCUT2D eigenvalue weighted by atomic mass is 9.79. The molecule has 2 rings (SSSR count). The Morgan fingerprint density at radius 1 is 1.10 bits per heavy atom. The highest BCUT2D eigenvalue weighted by Gasteiger charge is 2.25. The molecule has 1 N–H and O–H groups in total. The molecule has 0 saturated heterocycles. The third kappa shape index (κ3) is 4.07. The van der Waals surface area contributed by atoms with Gasteiger partial charge in [-0.05, 0) is 50.8 Å². The van der Waals surface area contributed by atoms with E-state index < -0.39 is 0 Å². The number of hydrogen-bond donors (Lipinski definition) is 1. The van der Waals surface area contributed by atoms with Gasteiger partial charge in [0.05, 0.1) is 0 Å². The Labute approximate surface area is 124 Å². The lowest BCUT2D eigenvalue weighted by Crippen LogP contribution is -2.40. The van der Waals surface area contributed by atoms with Crippen LogP contribution < -0.4 is 5.32 Å². The van der Waals surface area contributed by atoms with E-state index in [0.717, 1.165) is 18.4 Å². The Bertz CT molecular complexity index is 388. The molecule has 0 heterocycles. The second-order valence-electron chi connectivity index (χ2n) is 6.76. The summed E-state index contributed by atoms with van der Waals surface area (Å²) < 4.78 is 0. The summed E-state index contributed by atoms with van der Waals surface area (Å²) >= 11 is 0. The number of hydrogen-bond acceptors (Lipinski definition) is 2. The molecule has 0 aliphatic heterocycles. The molecule has 1 aliphatic rings. The highest BCUT2D eigenvalue weighted by atomic mass is 15.1. The monoisotopic (exact) mass is 274 g/mol. The van der Waals surface area contributed by atoms with Crippen LogP contribution in [0.15, 0.2) is 30.3 Å². The lowest BCUT2D eigenvalue weighted by Gasteiger charge is -2.34.